The van der Waals surface area contributed by atoms with E-state index in [9.17, 15) is 4.79 Å². The number of carbonyl (C=O) groups excluding carboxylic acids is 1. The Labute approximate surface area is 195 Å². The van der Waals surface area contributed by atoms with Gasteiger partial charge in [0.15, 0.2) is 11.0 Å². The number of aromatic amines is 1. The average molecular weight is 457 g/mol. The highest BCUT2D eigenvalue weighted by Crippen LogP contribution is 2.33. The number of aryl methyl sites for hydroxylation is 1. The third kappa shape index (κ3) is 3.56. The highest BCUT2D eigenvalue weighted by Gasteiger charge is 2.21. The van der Waals surface area contributed by atoms with E-state index in [1.807, 2.05) is 59.2 Å². The molecule has 0 bridgehead atoms. The molecule has 164 valence electrons. The Bertz CT molecular complexity index is 1460. The van der Waals surface area contributed by atoms with Crippen LogP contribution >= 0.6 is 12.6 Å². The lowest BCUT2D eigenvalue weighted by atomic mass is 9.99. The van der Waals surface area contributed by atoms with E-state index in [4.69, 9.17) is 4.74 Å². The van der Waals surface area contributed by atoms with E-state index in [0.717, 1.165) is 39.9 Å². The first kappa shape index (κ1) is 20.9. The number of ether oxygens (including phenoxy) is 1. The Morgan fingerprint density at radius 2 is 1.82 bits per heavy atom. The lowest BCUT2D eigenvalue weighted by molar-refractivity contribution is 0.0602. The molecule has 0 aliphatic rings. The summed E-state index contributed by atoms with van der Waals surface area (Å²) in [5, 5.41) is 14.7. The Hall–Kier alpha value is -3.98. The summed E-state index contributed by atoms with van der Waals surface area (Å²) in [5.74, 6) is 0.186. The molecule has 1 N–H and O–H groups in total. The van der Waals surface area contributed by atoms with Crippen LogP contribution in [0.25, 0.3) is 39.2 Å². The molecule has 0 unspecified atom stereocenters. The molecule has 0 fully saturated rings. The van der Waals surface area contributed by atoms with E-state index in [-0.39, 0.29) is 0 Å². The highest BCUT2D eigenvalue weighted by atomic mass is 32.1. The normalized spacial score (nSPS) is 11.1. The van der Waals surface area contributed by atoms with Crippen LogP contribution in [0.4, 0.5) is 0 Å². The number of imidazole rings is 1. The molecule has 8 nitrogen and oxygen atoms in total. The van der Waals surface area contributed by atoms with Gasteiger partial charge in [0.25, 0.3) is 0 Å². The second-order valence-electron chi connectivity index (χ2n) is 7.40. The molecule has 33 heavy (non-hydrogen) atoms. The van der Waals surface area contributed by atoms with Crippen LogP contribution in [-0.2, 0) is 11.2 Å². The molecule has 0 radical (unpaired) electrons. The molecule has 0 aliphatic carbocycles. The molecule has 5 rings (SSSR count). The standard InChI is InChI=1S/C24H20N6O2S/c1-3-14-10-13-19(23(31)32-2)21-20(14)25-24(33)30(21)16-11-8-15(9-12-16)17-6-4-5-7-18(17)22-26-28-29-27-22/h4-13H,3H2,1-2H3,(H,25,33)(H,26,27,28,29). The Morgan fingerprint density at radius 1 is 1.06 bits per heavy atom. The quantitative estimate of drug-likeness (QED) is 0.298. The SMILES string of the molecule is CCc1ccc(C(=O)OC)c2c1nc(S)n2-c1ccc(-c2ccccc2-c2nnn[nH]2)cc1. The summed E-state index contributed by atoms with van der Waals surface area (Å²) in [6.45, 7) is 2.06. The van der Waals surface area contributed by atoms with Crippen molar-refractivity contribution in [3.05, 3.63) is 71.8 Å². The van der Waals surface area contributed by atoms with Crippen molar-refractivity contribution in [1.82, 2.24) is 30.2 Å². The van der Waals surface area contributed by atoms with Crippen molar-refractivity contribution in [1.29, 1.82) is 0 Å². The Balaban J connectivity index is 1.65. The summed E-state index contributed by atoms with van der Waals surface area (Å²) in [5.41, 5.74) is 6.65. The fourth-order valence-corrected chi connectivity index (χ4v) is 4.35. The molecule has 3 aromatic carbocycles. The number of rotatable bonds is 5. The molecule has 2 heterocycles. The van der Waals surface area contributed by atoms with Crippen LogP contribution in [0.15, 0.2) is 65.8 Å². The topological polar surface area (TPSA) is 98.6 Å². The van der Waals surface area contributed by atoms with E-state index < -0.39 is 5.97 Å². The van der Waals surface area contributed by atoms with Gasteiger partial charge in [-0.3, -0.25) is 4.57 Å². The number of thiol groups is 1. The second-order valence-corrected chi connectivity index (χ2v) is 7.80. The average Bonchev–Trinajstić information content (AvgIpc) is 3.51. The fraction of sp³-hybridized carbons (Fsp3) is 0.125. The van der Waals surface area contributed by atoms with Crippen molar-refractivity contribution in [2.75, 3.05) is 7.11 Å². The van der Waals surface area contributed by atoms with E-state index in [0.29, 0.717) is 22.1 Å². The Kier molecular flexibility index (Phi) is 5.39. The third-order valence-corrected chi connectivity index (χ3v) is 5.92. The molecular weight excluding hydrogens is 436 g/mol. The summed E-state index contributed by atoms with van der Waals surface area (Å²) in [6, 6.07) is 19.6. The molecule has 0 aliphatic heterocycles. The predicted molar refractivity (Wildman–Crippen MR) is 128 cm³/mol. The van der Waals surface area contributed by atoms with Crippen molar-refractivity contribution in [3.63, 3.8) is 0 Å². The van der Waals surface area contributed by atoms with Gasteiger partial charge in [0.2, 0.25) is 0 Å². The van der Waals surface area contributed by atoms with Gasteiger partial charge < -0.3 is 4.74 Å². The zero-order chi connectivity index (χ0) is 22.9. The molecule has 0 saturated heterocycles. The maximum absolute atomic E-state index is 12.5. The smallest absolute Gasteiger partial charge is 0.340 e. The molecular formula is C24H20N6O2S. The van der Waals surface area contributed by atoms with Gasteiger partial charge in [0.05, 0.1) is 23.7 Å². The number of carbonyl (C=O) groups is 1. The summed E-state index contributed by atoms with van der Waals surface area (Å²) >= 11 is 4.62. The van der Waals surface area contributed by atoms with Gasteiger partial charge in [0, 0.05) is 11.3 Å². The van der Waals surface area contributed by atoms with Crippen LogP contribution < -0.4 is 0 Å². The van der Waals surface area contributed by atoms with Crippen LogP contribution in [0.5, 0.6) is 0 Å². The van der Waals surface area contributed by atoms with Gasteiger partial charge in [-0.15, -0.1) is 17.7 Å². The minimum Gasteiger partial charge on any atom is -0.465 e. The number of fused-ring (bicyclic) bond motifs is 1. The van der Waals surface area contributed by atoms with Crippen molar-refractivity contribution < 1.29 is 9.53 Å². The van der Waals surface area contributed by atoms with Crippen molar-refractivity contribution in [2.24, 2.45) is 0 Å². The van der Waals surface area contributed by atoms with E-state index in [1.54, 1.807) is 6.07 Å². The van der Waals surface area contributed by atoms with Gasteiger partial charge in [0.1, 0.15) is 0 Å². The molecule has 5 aromatic rings. The minimum atomic E-state index is -0.414. The summed E-state index contributed by atoms with van der Waals surface area (Å²) in [6.07, 6.45) is 0.786. The first-order valence-corrected chi connectivity index (χ1v) is 10.8. The number of methoxy groups -OCH3 is 1. The van der Waals surface area contributed by atoms with Crippen LogP contribution in [0.1, 0.15) is 22.8 Å². The van der Waals surface area contributed by atoms with E-state index in [1.165, 1.54) is 7.11 Å². The van der Waals surface area contributed by atoms with Gasteiger partial charge in [-0.2, -0.15) is 0 Å². The minimum absolute atomic E-state index is 0.414. The van der Waals surface area contributed by atoms with Crippen molar-refractivity contribution in [2.45, 2.75) is 18.5 Å². The molecule has 9 heteroatoms. The zero-order valence-corrected chi connectivity index (χ0v) is 18.9. The lowest BCUT2D eigenvalue weighted by Crippen LogP contribution is -2.06. The maximum Gasteiger partial charge on any atom is 0.340 e. The summed E-state index contributed by atoms with van der Waals surface area (Å²) in [7, 11) is 1.38. The van der Waals surface area contributed by atoms with Crippen molar-refractivity contribution >= 4 is 29.6 Å². The first-order valence-electron chi connectivity index (χ1n) is 10.4. The van der Waals surface area contributed by atoms with Gasteiger partial charge in [-0.25, -0.2) is 14.9 Å². The molecule has 0 spiro atoms. The molecule has 0 atom stereocenters. The largest absolute Gasteiger partial charge is 0.465 e. The number of tetrazole rings is 1. The van der Waals surface area contributed by atoms with Gasteiger partial charge in [-0.1, -0.05) is 49.4 Å². The van der Waals surface area contributed by atoms with Crippen LogP contribution in [0.2, 0.25) is 0 Å². The zero-order valence-electron chi connectivity index (χ0n) is 18.0. The fourth-order valence-electron chi connectivity index (χ4n) is 4.03. The predicted octanol–water partition coefficient (Wildman–Crippen LogP) is 4.51. The highest BCUT2D eigenvalue weighted by molar-refractivity contribution is 7.80. The number of benzene rings is 3. The lowest BCUT2D eigenvalue weighted by Gasteiger charge is -2.12. The first-order chi connectivity index (χ1) is 16.1. The number of nitrogens with zero attached hydrogens (tertiary/aromatic N) is 5. The number of esters is 1. The number of H-pyrrole nitrogens is 1. The maximum atomic E-state index is 12.5. The molecule has 0 amide bonds. The summed E-state index contributed by atoms with van der Waals surface area (Å²) in [4.78, 5) is 17.2. The second kappa shape index (κ2) is 8.51. The number of hydrogen-bond acceptors (Lipinski definition) is 7. The van der Waals surface area contributed by atoms with E-state index >= 15 is 0 Å². The molecule has 0 saturated carbocycles. The third-order valence-electron chi connectivity index (χ3n) is 5.62. The molecule has 2 aromatic heterocycles. The Morgan fingerprint density at radius 3 is 2.48 bits per heavy atom. The van der Waals surface area contributed by atoms with E-state index in [2.05, 4.69) is 45.2 Å². The van der Waals surface area contributed by atoms with Crippen LogP contribution in [0.3, 0.4) is 0 Å². The van der Waals surface area contributed by atoms with Crippen LogP contribution in [0, 0.1) is 0 Å². The van der Waals surface area contributed by atoms with Crippen molar-refractivity contribution in [3.8, 4) is 28.2 Å². The number of hydrogen-bond donors (Lipinski definition) is 2. The number of nitrogens with one attached hydrogen (secondary N) is 1. The number of aromatic nitrogens is 6. The van der Waals surface area contributed by atoms with Crippen LogP contribution in [-0.4, -0.2) is 43.3 Å². The van der Waals surface area contributed by atoms with Gasteiger partial charge >= 0.3 is 5.97 Å². The monoisotopic (exact) mass is 456 g/mol. The summed E-state index contributed by atoms with van der Waals surface area (Å²) < 4.78 is 6.89. The van der Waals surface area contributed by atoms with Gasteiger partial charge in [-0.05, 0) is 51.7 Å².